The largest absolute Gasteiger partial charge is 0.356 e. The van der Waals surface area contributed by atoms with Crippen molar-refractivity contribution in [2.75, 3.05) is 40.3 Å². The van der Waals surface area contributed by atoms with Gasteiger partial charge in [0.15, 0.2) is 5.96 Å². The standard InChI is InChI=1S/C13H26N4.HI/c1-17(2)11-13(6-3-4-7-13)10-16-12-14-8-5-9-15-12;/h3-11H2,1-2H3,(H2,14,15,16);1H. The highest BCUT2D eigenvalue weighted by molar-refractivity contribution is 14.0. The monoisotopic (exact) mass is 366 g/mol. The first kappa shape index (κ1) is 16.0. The third-order valence-electron chi connectivity index (χ3n) is 3.84. The van der Waals surface area contributed by atoms with Crippen LogP contribution in [0.3, 0.4) is 0 Å². The van der Waals surface area contributed by atoms with Gasteiger partial charge in [-0.15, -0.1) is 24.0 Å². The SMILES string of the molecule is CN(C)CC1(CNC2=NCCCN2)CCCC1.I. The average Bonchev–Trinajstić information content (AvgIpc) is 2.76. The van der Waals surface area contributed by atoms with Crippen LogP contribution in [0.1, 0.15) is 32.1 Å². The molecular formula is C13H27IN4. The maximum absolute atomic E-state index is 4.48. The second-order valence-corrected chi connectivity index (χ2v) is 5.81. The molecule has 4 nitrogen and oxygen atoms in total. The van der Waals surface area contributed by atoms with Crippen molar-refractivity contribution in [3.63, 3.8) is 0 Å². The van der Waals surface area contributed by atoms with Gasteiger partial charge in [-0.25, -0.2) is 0 Å². The molecule has 2 rings (SSSR count). The summed E-state index contributed by atoms with van der Waals surface area (Å²) in [6, 6.07) is 0. The van der Waals surface area contributed by atoms with Gasteiger partial charge in [-0.1, -0.05) is 12.8 Å². The molecule has 0 saturated heterocycles. The predicted molar refractivity (Wildman–Crippen MR) is 87.8 cm³/mol. The molecule has 0 spiro atoms. The van der Waals surface area contributed by atoms with Crippen LogP contribution in [0.15, 0.2) is 4.99 Å². The lowest BCUT2D eigenvalue weighted by Crippen LogP contribution is -2.47. The zero-order chi connectivity index (χ0) is 12.1. The molecule has 0 atom stereocenters. The van der Waals surface area contributed by atoms with E-state index in [9.17, 15) is 0 Å². The molecule has 1 aliphatic heterocycles. The minimum absolute atomic E-state index is 0. The number of hydrogen-bond donors (Lipinski definition) is 2. The fourth-order valence-corrected chi connectivity index (χ4v) is 3.11. The summed E-state index contributed by atoms with van der Waals surface area (Å²) in [7, 11) is 4.35. The molecule has 5 heteroatoms. The second-order valence-electron chi connectivity index (χ2n) is 5.81. The van der Waals surface area contributed by atoms with E-state index in [1.807, 2.05) is 0 Å². The molecule has 0 amide bonds. The molecule has 0 radical (unpaired) electrons. The molecule has 2 aliphatic rings. The van der Waals surface area contributed by atoms with Gasteiger partial charge < -0.3 is 15.5 Å². The van der Waals surface area contributed by atoms with E-state index in [0.29, 0.717) is 5.41 Å². The van der Waals surface area contributed by atoms with Crippen LogP contribution in [-0.2, 0) is 0 Å². The highest BCUT2D eigenvalue weighted by atomic mass is 127. The van der Waals surface area contributed by atoms with Crippen molar-refractivity contribution in [1.29, 1.82) is 0 Å². The molecule has 0 aromatic carbocycles. The van der Waals surface area contributed by atoms with Gasteiger partial charge in [0.2, 0.25) is 0 Å². The zero-order valence-electron chi connectivity index (χ0n) is 11.7. The molecule has 18 heavy (non-hydrogen) atoms. The Morgan fingerprint density at radius 1 is 1.28 bits per heavy atom. The van der Waals surface area contributed by atoms with E-state index in [0.717, 1.165) is 32.0 Å². The van der Waals surface area contributed by atoms with Gasteiger partial charge >= 0.3 is 0 Å². The van der Waals surface area contributed by atoms with Gasteiger partial charge in [-0.05, 0) is 33.4 Å². The second kappa shape index (κ2) is 7.53. The molecule has 0 aromatic heterocycles. The first-order chi connectivity index (χ1) is 8.20. The third kappa shape index (κ3) is 4.57. The smallest absolute Gasteiger partial charge is 0.191 e. The summed E-state index contributed by atoms with van der Waals surface area (Å²) in [4.78, 5) is 6.80. The molecule has 106 valence electrons. The summed E-state index contributed by atoms with van der Waals surface area (Å²) < 4.78 is 0. The van der Waals surface area contributed by atoms with Crippen LogP contribution in [0.2, 0.25) is 0 Å². The number of nitrogens with one attached hydrogen (secondary N) is 2. The first-order valence-electron chi connectivity index (χ1n) is 6.87. The van der Waals surface area contributed by atoms with Crippen LogP contribution in [0.4, 0.5) is 0 Å². The van der Waals surface area contributed by atoms with Gasteiger partial charge in [-0.2, -0.15) is 0 Å². The average molecular weight is 366 g/mol. The van der Waals surface area contributed by atoms with Crippen molar-refractivity contribution >= 4 is 29.9 Å². The number of hydrogen-bond acceptors (Lipinski definition) is 4. The lowest BCUT2D eigenvalue weighted by atomic mass is 9.85. The summed E-state index contributed by atoms with van der Waals surface area (Å²) in [6.45, 7) is 4.28. The lowest BCUT2D eigenvalue weighted by Gasteiger charge is -2.33. The molecule has 1 heterocycles. The highest BCUT2D eigenvalue weighted by Gasteiger charge is 2.34. The summed E-state index contributed by atoms with van der Waals surface area (Å²) in [5.41, 5.74) is 0.463. The summed E-state index contributed by atoms with van der Waals surface area (Å²) in [5.74, 6) is 1.02. The molecule has 0 unspecified atom stereocenters. The Bertz CT molecular complexity index is 272. The van der Waals surface area contributed by atoms with Crippen molar-refractivity contribution in [3.8, 4) is 0 Å². The number of halogens is 1. The van der Waals surface area contributed by atoms with E-state index in [2.05, 4.69) is 34.6 Å². The Kier molecular flexibility index (Phi) is 6.70. The van der Waals surface area contributed by atoms with E-state index < -0.39 is 0 Å². The van der Waals surface area contributed by atoms with Crippen LogP contribution in [0, 0.1) is 5.41 Å². The van der Waals surface area contributed by atoms with Crippen molar-refractivity contribution in [2.24, 2.45) is 10.4 Å². The number of guanidine groups is 1. The normalized spacial score (nSPS) is 22.1. The van der Waals surface area contributed by atoms with Crippen molar-refractivity contribution in [2.45, 2.75) is 32.1 Å². The maximum Gasteiger partial charge on any atom is 0.191 e. The zero-order valence-corrected chi connectivity index (χ0v) is 14.0. The number of rotatable bonds is 4. The highest BCUT2D eigenvalue weighted by Crippen LogP contribution is 2.37. The lowest BCUT2D eigenvalue weighted by molar-refractivity contribution is 0.202. The summed E-state index contributed by atoms with van der Waals surface area (Å²) in [6.07, 6.45) is 6.63. The van der Waals surface area contributed by atoms with Crippen molar-refractivity contribution in [3.05, 3.63) is 0 Å². The molecule has 0 aromatic rings. The van der Waals surface area contributed by atoms with Gasteiger partial charge in [0, 0.05) is 31.6 Å². The minimum atomic E-state index is 0. The minimum Gasteiger partial charge on any atom is -0.356 e. The quantitative estimate of drug-likeness (QED) is 0.744. The van der Waals surface area contributed by atoms with Crippen molar-refractivity contribution in [1.82, 2.24) is 15.5 Å². The number of nitrogens with zero attached hydrogens (tertiary/aromatic N) is 2. The molecule has 1 aliphatic carbocycles. The van der Waals surface area contributed by atoms with E-state index in [4.69, 9.17) is 0 Å². The Hall–Kier alpha value is -0.0400. The fraction of sp³-hybridized carbons (Fsp3) is 0.923. The van der Waals surface area contributed by atoms with Crippen LogP contribution < -0.4 is 10.6 Å². The topological polar surface area (TPSA) is 39.7 Å². The van der Waals surface area contributed by atoms with E-state index >= 15 is 0 Å². The van der Waals surface area contributed by atoms with Gasteiger partial charge in [-0.3, -0.25) is 4.99 Å². The maximum atomic E-state index is 4.48. The van der Waals surface area contributed by atoms with Gasteiger partial charge in [0.1, 0.15) is 0 Å². The van der Waals surface area contributed by atoms with Gasteiger partial charge in [0.05, 0.1) is 0 Å². The van der Waals surface area contributed by atoms with Crippen molar-refractivity contribution < 1.29 is 0 Å². The van der Waals surface area contributed by atoms with Crippen LogP contribution >= 0.6 is 24.0 Å². The van der Waals surface area contributed by atoms with Crippen LogP contribution in [-0.4, -0.2) is 51.1 Å². The van der Waals surface area contributed by atoms with Crippen LogP contribution in [0.25, 0.3) is 0 Å². The van der Waals surface area contributed by atoms with E-state index in [-0.39, 0.29) is 24.0 Å². The summed E-state index contributed by atoms with van der Waals surface area (Å²) >= 11 is 0. The molecule has 1 fully saturated rings. The Morgan fingerprint density at radius 2 is 2.00 bits per heavy atom. The molecular weight excluding hydrogens is 339 g/mol. The summed E-state index contributed by atoms with van der Waals surface area (Å²) in [5, 5.41) is 6.86. The molecule has 0 bridgehead atoms. The first-order valence-corrected chi connectivity index (χ1v) is 6.87. The van der Waals surface area contributed by atoms with E-state index in [1.165, 1.54) is 32.2 Å². The molecule has 1 saturated carbocycles. The Labute approximate surface area is 128 Å². The fourth-order valence-electron chi connectivity index (χ4n) is 3.11. The molecule has 2 N–H and O–H groups in total. The Balaban J connectivity index is 0.00000162. The number of aliphatic imine (C=N–C) groups is 1. The van der Waals surface area contributed by atoms with Gasteiger partial charge in [0.25, 0.3) is 0 Å². The van der Waals surface area contributed by atoms with E-state index in [1.54, 1.807) is 0 Å². The predicted octanol–water partition coefficient (Wildman–Crippen LogP) is 1.67. The Morgan fingerprint density at radius 3 is 2.56 bits per heavy atom. The third-order valence-corrected chi connectivity index (χ3v) is 3.84. The van der Waals surface area contributed by atoms with Crippen LogP contribution in [0.5, 0.6) is 0 Å².